The van der Waals surface area contributed by atoms with Crippen LogP contribution in [0.1, 0.15) is 22.8 Å². The van der Waals surface area contributed by atoms with Crippen molar-refractivity contribution < 1.29 is 14.3 Å². The first-order valence-electron chi connectivity index (χ1n) is 9.13. The van der Waals surface area contributed by atoms with Crippen molar-refractivity contribution in [3.63, 3.8) is 0 Å². The van der Waals surface area contributed by atoms with Crippen LogP contribution in [0.3, 0.4) is 0 Å². The first-order chi connectivity index (χ1) is 14.0. The van der Waals surface area contributed by atoms with E-state index in [0.29, 0.717) is 23.0 Å². The monoisotopic (exact) mass is 410 g/mol. The number of carbonyl (C=O) groups is 2. The van der Waals surface area contributed by atoms with Crippen LogP contribution in [0.4, 0.5) is 5.69 Å². The van der Waals surface area contributed by atoms with Crippen LogP contribution in [0.5, 0.6) is 0 Å². The van der Waals surface area contributed by atoms with Gasteiger partial charge in [-0.1, -0.05) is 53.7 Å². The molecule has 0 saturated carbocycles. The number of rotatable bonds is 7. The molecule has 1 aromatic heterocycles. The Morgan fingerprint density at radius 3 is 2.52 bits per heavy atom. The number of carbonyl (C=O) groups excluding carboxylic acids is 2. The highest BCUT2D eigenvalue weighted by Gasteiger charge is 2.16. The lowest BCUT2D eigenvalue weighted by Gasteiger charge is -2.10. The number of ether oxygens (including phenoxy) is 1. The van der Waals surface area contributed by atoms with E-state index in [1.807, 2.05) is 42.7 Å². The van der Waals surface area contributed by atoms with E-state index in [9.17, 15) is 9.59 Å². The van der Waals surface area contributed by atoms with Crippen molar-refractivity contribution in [3.05, 3.63) is 59.7 Å². The second-order valence-corrected chi connectivity index (χ2v) is 7.23. The quantitative estimate of drug-likeness (QED) is 0.471. The molecule has 0 atom stereocenters. The second-order valence-electron chi connectivity index (χ2n) is 6.29. The van der Waals surface area contributed by atoms with Gasteiger partial charge in [0.25, 0.3) is 0 Å². The SMILES string of the molecule is CCn1c(SCC(=O)Nc2ccccc2C(=O)OC)nnc1-c1ccc(C)cc1. The van der Waals surface area contributed by atoms with Crippen molar-refractivity contribution in [3.8, 4) is 11.4 Å². The van der Waals surface area contributed by atoms with Crippen LogP contribution in [-0.4, -0.2) is 39.5 Å². The summed E-state index contributed by atoms with van der Waals surface area (Å²) in [6, 6.07) is 14.8. The zero-order chi connectivity index (χ0) is 20.8. The number of thioether (sulfide) groups is 1. The number of para-hydroxylation sites is 1. The summed E-state index contributed by atoms with van der Waals surface area (Å²) in [5.41, 5.74) is 2.89. The van der Waals surface area contributed by atoms with E-state index in [1.165, 1.54) is 24.4 Å². The van der Waals surface area contributed by atoms with Gasteiger partial charge in [-0.25, -0.2) is 4.79 Å². The largest absolute Gasteiger partial charge is 0.465 e. The van der Waals surface area contributed by atoms with Crippen LogP contribution in [0.15, 0.2) is 53.7 Å². The summed E-state index contributed by atoms with van der Waals surface area (Å²) in [6.45, 7) is 4.73. The molecule has 2 aromatic carbocycles. The fraction of sp³-hybridized carbons (Fsp3) is 0.238. The zero-order valence-electron chi connectivity index (χ0n) is 16.5. The molecule has 0 bridgehead atoms. The highest BCUT2D eigenvalue weighted by atomic mass is 32.2. The number of aromatic nitrogens is 3. The summed E-state index contributed by atoms with van der Waals surface area (Å²) in [5, 5.41) is 12.0. The van der Waals surface area contributed by atoms with Crippen molar-refractivity contribution >= 4 is 29.3 Å². The molecule has 3 aromatic rings. The zero-order valence-corrected chi connectivity index (χ0v) is 17.3. The Morgan fingerprint density at radius 1 is 1.10 bits per heavy atom. The van der Waals surface area contributed by atoms with Crippen LogP contribution >= 0.6 is 11.8 Å². The normalized spacial score (nSPS) is 10.6. The van der Waals surface area contributed by atoms with Gasteiger partial charge in [0.2, 0.25) is 5.91 Å². The van der Waals surface area contributed by atoms with Gasteiger partial charge in [0.15, 0.2) is 11.0 Å². The number of aryl methyl sites for hydroxylation is 1. The van der Waals surface area contributed by atoms with Gasteiger partial charge in [-0.2, -0.15) is 0 Å². The molecule has 0 aliphatic rings. The van der Waals surface area contributed by atoms with Gasteiger partial charge in [-0.05, 0) is 26.0 Å². The molecule has 29 heavy (non-hydrogen) atoms. The van der Waals surface area contributed by atoms with Crippen molar-refractivity contribution in [1.82, 2.24) is 14.8 Å². The Bertz CT molecular complexity index is 1020. The molecule has 0 unspecified atom stereocenters. The highest BCUT2D eigenvalue weighted by Crippen LogP contribution is 2.24. The van der Waals surface area contributed by atoms with Crippen molar-refractivity contribution in [2.75, 3.05) is 18.2 Å². The molecule has 1 amide bonds. The average Bonchev–Trinajstić information content (AvgIpc) is 3.15. The minimum Gasteiger partial charge on any atom is -0.465 e. The molecule has 0 saturated heterocycles. The number of nitrogens with one attached hydrogen (secondary N) is 1. The van der Waals surface area contributed by atoms with Crippen LogP contribution in [0.2, 0.25) is 0 Å². The van der Waals surface area contributed by atoms with Crippen molar-refractivity contribution in [2.24, 2.45) is 0 Å². The molecule has 8 heteroatoms. The van der Waals surface area contributed by atoms with Crippen LogP contribution in [0, 0.1) is 6.92 Å². The number of nitrogens with zero attached hydrogens (tertiary/aromatic N) is 3. The number of benzene rings is 2. The van der Waals surface area contributed by atoms with Gasteiger partial charge >= 0.3 is 5.97 Å². The molecular formula is C21H22N4O3S. The third-order valence-electron chi connectivity index (χ3n) is 4.28. The maximum atomic E-state index is 12.4. The number of esters is 1. The number of anilines is 1. The molecule has 0 spiro atoms. The van der Waals surface area contributed by atoms with Gasteiger partial charge in [0, 0.05) is 12.1 Å². The second kappa shape index (κ2) is 9.38. The van der Waals surface area contributed by atoms with Gasteiger partial charge in [-0.3, -0.25) is 4.79 Å². The van der Waals surface area contributed by atoms with Gasteiger partial charge in [0.1, 0.15) is 0 Å². The van der Waals surface area contributed by atoms with Gasteiger partial charge in [0.05, 0.1) is 24.1 Å². The number of hydrogen-bond acceptors (Lipinski definition) is 6. The van der Waals surface area contributed by atoms with E-state index < -0.39 is 5.97 Å². The summed E-state index contributed by atoms with van der Waals surface area (Å²) < 4.78 is 6.73. The molecule has 0 aliphatic heterocycles. The van der Waals surface area contributed by atoms with Crippen molar-refractivity contribution in [1.29, 1.82) is 0 Å². The topological polar surface area (TPSA) is 86.1 Å². The van der Waals surface area contributed by atoms with E-state index in [0.717, 1.165) is 11.4 Å². The predicted molar refractivity (Wildman–Crippen MR) is 113 cm³/mol. The Kier molecular flexibility index (Phi) is 6.66. The number of hydrogen-bond donors (Lipinski definition) is 1. The fourth-order valence-corrected chi connectivity index (χ4v) is 3.60. The summed E-state index contributed by atoms with van der Waals surface area (Å²) in [4.78, 5) is 24.3. The van der Waals surface area contributed by atoms with E-state index in [-0.39, 0.29) is 11.7 Å². The summed E-state index contributed by atoms with van der Waals surface area (Å²) in [7, 11) is 1.31. The number of amides is 1. The minimum atomic E-state index is -0.498. The third-order valence-corrected chi connectivity index (χ3v) is 5.25. The van der Waals surface area contributed by atoms with Crippen LogP contribution in [-0.2, 0) is 16.1 Å². The first-order valence-corrected chi connectivity index (χ1v) is 10.1. The first kappa shape index (κ1) is 20.6. The molecule has 0 radical (unpaired) electrons. The molecular weight excluding hydrogens is 388 g/mol. The maximum absolute atomic E-state index is 12.4. The number of methoxy groups -OCH3 is 1. The summed E-state index contributed by atoms with van der Waals surface area (Å²) >= 11 is 1.30. The molecule has 1 N–H and O–H groups in total. The van der Waals surface area contributed by atoms with E-state index >= 15 is 0 Å². The lowest BCUT2D eigenvalue weighted by molar-refractivity contribution is -0.113. The molecule has 7 nitrogen and oxygen atoms in total. The molecule has 0 aliphatic carbocycles. The Hall–Kier alpha value is -3.13. The van der Waals surface area contributed by atoms with E-state index in [4.69, 9.17) is 4.74 Å². The van der Waals surface area contributed by atoms with Gasteiger partial charge < -0.3 is 14.6 Å². The Balaban J connectivity index is 1.70. The highest BCUT2D eigenvalue weighted by molar-refractivity contribution is 7.99. The summed E-state index contributed by atoms with van der Waals surface area (Å²) in [5.74, 6) is 0.170. The lowest BCUT2D eigenvalue weighted by atomic mass is 10.1. The standard InChI is InChI=1S/C21H22N4O3S/c1-4-25-19(15-11-9-14(2)10-12-15)23-24-21(25)29-13-18(26)22-17-8-6-5-7-16(17)20(27)28-3/h5-12H,4,13H2,1-3H3,(H,22,26). The predicted octanol–water partition coefficient (Wildman–Crippen LogP) is 3.79. The summed E-state index contributed by atoms with van der Waals surface area (Å²) in [6.07, 6.45) is 0. The van der Waals surface area contributed by atoms with Crippen LogP contribution in [0.25, 0.3) is 11.4 Å². The van der Waals surface area contributed by atoms with Crippen LogP contribution < -0.4 is 5.32 Å². The third kappa shape index (κ3) is 4.83. The van der Waals surface area contributed by atoms with Crippen molar-refractivity contribution in [2.45, 2.75) is 25.5 Å². The van der Waals surface area contributed by atoms with E-state index in [2.05, 4.69) is 15.5 Å². The molecule has 0 fully saturated rings. The smallest absolute Gasteiger partial charge is 0.339 e. The minimum absolute atomic E-state index is 0.140. The molecule has 3 rings (SSSR count). The average molecular weight is 410 g/mol. The lowest BCUT2D eigenvalue weighted by Crippen LogP contribution is -2.17. The Morgan fingerprint density at radius 2 is 1.83 bits per heavy atom. The Labute approximate surface area is 173 Å². The maximum Gasteiger partial charge on any atom is 0.339 e. The van der Waals surface area contributed by atoms with E-state index in [1.54, 1.807) is 24.3 Å². The fourth-order valence-electron chi connectivity index (χ4n) is 2.79. The van der Waals surface area contributed by atoms with Gasteiger partial charge in [-0.15, -0.1) is 10.2 Å². The molecule has 150 valence electrons. The molecule has 1 heterocycles.